The van der Waals surface area contributed by atoms with Gasteiger partial charge in [-0.15, -0.1) is 5.10 Å². The number of carbonyl (C=O) groups is 1. The summed E-state index contributed by atoms with van der Waals surface area (Å²) in [5.74, 6) is 0.375. The van der Waals surface area contributed by atoms with Crippen LogP contribution in [-0.4, -0.2) is 31.2 Å². The molecule has 0 fully saturated rings. The Kier molecular flexibility index (Phi) is 5.82. The van der Waals surface area contributed by atoms with Crippen LogP contribution in [0.1, 0.15) is 29.5 Å². The van der Waals surface area contributed by atoms with Crippen LogP contribution in [0.25, 0.3) is 11.3 Å². The number of hydrogen-bond donors (Lipinski definition) is 2. The van der Waals surface area contributed by atoms with Gasteiger partial charge in [0.15, 0.2) is 10.9 Å². The Labute approximate surface area is 165 Å². The van der Waals surface area contributed by atoms with Crippen molar-refractivity contribution in [2.45, 2.75) is 26.8 Å². The third-order valence-corrected chi connectivity index (χ3v) is 4.23. The van der Waals surface area contributed by atoms with Crippen LogP contribution in [0, 0.1) is 6.92 Å². The highest BCUT2D eigenvalue weighted by Crippen LogP contribution is 2.26. The van der Waals surface area contributed by atoms with E-state index in [1.807, 2.05) is 26.0 Å². The number of aromatic nitrogens is 4. The number of hydrogen-bond acceptors (Lipinski definition) is 6. The zero-order valence-electron chi connectivity index (χ0n) is 14.7. The van der Waals surface area contributed by atoms with Gasteiger partial charge in [-0.3, -0.25) is 15.4 Å². The number of benzene rings is 1. The Morgan fingerprint density at radius 2 is 2.15 bits per heavy atom. The molecule has 0 saturated heterocycles. The molecule has 27 heavy (non-hydrogen) atoms. The highest BCUT2D eigenvalue weighted by atomic mass is 35.5. The molecule has 2 aromatic heterocycles. The fourth-order valence-corrected chi connectivity index (χ4v) is 2.61. The number of tetrazole rings is 1. The molecule has 0 aliphatic carbocycles. The molecule has 0 radical (unpaired) electrons. The summed E-state index contributed by atoms with van der Waals surface area (Å²) in [5.41, 5.74) is 1.74. The molecular formula is C17H17ClN6O2S. The molecule has 0 saturated carbocycles. The fraction of sp³-hybridized carbons (Fsp3) is 0.235. The van der Waals surface area contributed by atoms with E-state index in [2.05, 4.69) is 26.0 Å². The van der Waals surface area contributed by atoms with Crippen LogP contribution >= 0.6 is 23.8 Å². The van der Waals surface area contributed by atoms with Gasteiger partial charge in [0, 0.05) is 10.6 Å². The maximum atomic E-state index is 12.3. The molecule has 2 N–H and O–H groups in total. The van der Waals surface area contributed by atoms with E-state index in [0.29, 0.717) is 17.3 Å². The van der Waals surface area contributed by atoms with Crippen molar-refractivity contribution in [1.29, 1.82) is 0 Å². The number of anilines is 1. The summed E-state index contributed by atoms with van der Waals surface area (Å²) in [4.78, 5) is 13.7. The SMILES string of the molecule is CCCn1nnc(NC(=S)NC(=O)c2ccc(-c3ccc(C)c(Cl)c3)o2)n1. The third kappa shape index (κ3) is 4.69. The molecule has 8 nitrogen and oxygen atoms in total. The van der Waals surface area contributed by atoms with Crippen LogP contribution in [-0.2, 0) is 6.54 Å². The molecule has 140 valence electrons. The van der Waals surface area contributed by atoms with Gasteiger partial charge in [-0.2, -0.15) is 4.80 Å². The van der Waals surface area contributed by atoms with E-state index < -0.39 is 5.91 Å². The molecule has 0 bridgehead atoms. The highest BCUT2D eigenvalue weighted by Gasteiger charge is 2.15. The molecule has 0 unspecified atom stereocenters. The van der Waals surface area contributed by atoms with E-state index >= 15 is 0 Å². The first kappa shape index (κ1) is 19.0. The summed E-state index contributed by atoms with van der Waals surface area (Å²) in [6, 6.07) is 8.81. The monoisotopic (exact) mass is 404 g/mol. The second-order valence-corrected chi connectivity index (χ2v) is 6.56. The number of furan rings is 1. The third-order valence-electron chi connectivity index (χ3n) is 3.61. The summed E-state index contributed by atoms with van der Waals surface area (Å²) in [6.07, 6.45) is 0.879. The lowest BCUT2D eigenvalue weighted by Crippen LogP contribution is -2.34. The van der Waals surface area contributed by atoms with Gasteiger partial charge in [0.05, 0.1) is 6.54 Å². The first-order valence-corrected chi connectivity index (χ1v) is 9.01. The van der Waals surface area contributed by atoms with E-state index in [-0.39, 0.29) is 16.8 Å². The minimum atomic E-state index is -0.488. The Bertz CT molecular complexity index is 983. The average Bonchev–Trinajstić information content (AvgIpc) is 3.27. The molecule has 3 aromatic rings. The van der Waals surface area contributed by atoms with Gasteiger partial charge < -0.3 is 4.42 Å². The molecule has 0 aliphatic rings. The smallest absolute Gasteiger partial charge is 0.293 e. The molecule has 1 amide bonds. The molecule has 2 heterocycles. The largest absolute Gasteiger partial charge is 0.451 e. The normalized spacial score (nSPS) is 10.6. The predicted molar refractivity (Wildman–Crippen MR) is 106 cm³/mol. The first-order chi connectivity index (χ1) is 13.0. The number of rotatable bonds is 5. The fourth-order valence-electron chi connectivity index (χ4n) is 2.25. The van der Waals surface area contributed by atoms with E-state index in [1.165, 1.54) is 4.80 Å². The second-order valence-electron chi connectivity index (χ2n) is 5.75. The van der Waals surface area contributed by atoms with Gasteiger partial charge in [0.25, 0.3) is 11.9 Å². The van der Waals surface area contributed by atoms with Gasteiger partial charge in [0.2, 0.25) is 0 Å². The number of halogens is 1. The number of aryl methyl sites for hydroxylation is 2. The summed E-state index contributed by atoms with van der Waals surface area (Å²) in [6.45, 7) is 4.56. The number of nitrogens with zero attached hydrogens (tertiary/aromatic N) is 4. The van der Waals surface area contributed by atoms with Crippen molar-refractivity contribution in [2.75, 3.05) is 5.32 Å². The van der Waals surface area contributed by atoms with Crippen molar-refractivity contribution < 1.29 is 9.21 Å². The first-order valence-electron chi connectivity index (χ1n) is 8.22. The van der Waals surface area contributed by atoms with Crippen LogP contribution in [0.15, 0.2) is 34.7 Å². The molecule has 1 aromatic carbocycles. The van der Waals surface area contributed by atoms with E-state index in [0.717, 1.165) is 17.5 Å². The Hall–Kier alpha value is -2.78. The Morgan fingerprint density at radius 1 is 1.33 bits per heavy atom. The lowest BCUT2D eigenvalue weighted by molar-refractivity contribution is 0.0951. The van der Waals surface area contributed by atoms with E-state index in [4.69, 9.17) is 28.2 Å². The van der Waals surface area contributed by atoms with E-state index in [9.17, 15) is 4.79 Å². The summed E-state index contributed by atoms with van der Waals surface area (Å²) in [5, 5.41) is 17.7. The maximum absolute atomic E-state index is 12.3. The zero-order chi connectivity index (χ0) is 19.4. The van der Waals surface area contributed by atoms with Crippen LogP contribution in [0.4, 0.5) is 5.95 Å². The van der Waals surface area contributed by atoms with Crippen molar-refractivity contribution in [3.8, 4) is 11.3 Å². The highest BCUT2D eigenvalue weighted by molar-refractivity contribution is 7.80. The molecule has 10 heteroatoms. The Morgan fingerprint density at radius 3 is 2.89 bits per heavy atom. The number of nitrogens with one attached hydrogen (secondary N) is 2. The number of amides is 1. The van der Waals surface area contributed by atoms with Crippen molar-refractivity contribution in [3.63, 3.8) is 0 Å². The quantitative estimate of drug-likeness (QED) is 0.628. The second kappa shape index (κ2) is 8.28. The van der Waals surface area contributed by atoms with Crippen LogP contribution in [0.5, 0.6) is 0 Å². The number of carbonyl (C=O) groups excluding carboxylic acids is 1. The van der Waals surface area contributed by atoms with Crippen LogP contribution in [0.2, 0.25) is 5.02 Å². The van der Waals surface area contributed by atoms with E-state index in [1.54, 1.807) is 18.2 Å². The molecule has 0 aliphatic heterocycles. The predicted octanol–water partition coefficient (Wildman–Crippen LogP) is 3.43. The van der Waals surface area contributed by atoms with Crippen LogP contribution in [0.3, 0.4) is 0 Å². The topological polar surface area (TPSA) is 97.9 Å². The molecular weight excluding hydrogens is 388 g/mol. The average molecular weight is 405 g/mol. The van der Waals surface area contributed by atoms with Gasteiger partial charge in [0.1, 0.15) is 5.76 Å². The number of thiocarbonyl (C=S) groups is 1. The lowest BCUT2D eigenvalue weighted by atomic mass is 10.1. The summed E-state index contributed by atoms with van der Waals surface area (Å²) in [7, 11) is 0. The van der Waals surface area contributed by atoms with Crippen molar-refractivity contribution in [1.82, 2.24) is 25.5 Å². The molecule has 3 rings (SSSR count). The lowest BCUT2D eigenvalue weighted by Gasteiger charge is -2.05. The van der Waals surface area contributed by atoms with Gasteiger partial charge in [-0.25, -0.2) is 0 Å². The van der Waals surface area contributed by atoms with Gasteiger partial charge in [-0.05, 0) is 54.5 Å². The van der Waals surface area contributed by atoms with Crippen molar-refractivity contribution in [3.05, 3.63) is 46.7 Å². The minimum absolute atomic E-state index is 0.0485. The van der Waals surface area contributed by atoms with Crippen LogP contribution < -0.4 is 10.6 Å². The standard InChI is InChI=1S/C17H17ClN6O2S/c1-3-8-24-22-16(21-23-24)20-17(27)19-15(25)14-7-6-13(26-14)11-5-4-10(2)12(18)9-11/h4-7,9H,3,8H2,1-2H3,(H2,19,20,22,25,27). The Balaban J connectivity index is 1.63. The van der Waals surface area contributed by atoms with Gasteiger partial charge in [-0.1, -0.05) is 35.8 Å². The van der Waals surface area contributed by atoms with Crippen molar-refractivity contribution in [2.24, 2.45) is 0 Å². The zero-order valence-corrected chi connectivity index (χ0v) is 16.3. The van der Waals surface area contributed by atoms with Gasteiger partial charge >= 0.3 is 0 Å². The molecule has 0 atom stereocenters. The maximum Gasteiger partial charge on any atom is 0.293 e. The summed E-state index contributed by atoms with van der Waals surface area (Å²) < 4.78 is 5.61. The molecule has 0 spiro atoms. The summed E-state index contributed by atoms with van der Waals surface area (Å²) >= 11 is 11.2. The van der Waals surface area contributed by atoms with Crippen molar-refractivity contribution >= 4 is 40.8 Å². The minimum Gasteiger partial charge on any atom is -0.451 e.